The van der Waals surface area contributed by atoms with Crippen molar-refractivity contribution in [2.45, 2.75) is 0 Å². The van der Waals surface area contributed by atoms with Crippen molar-refractivity contribution >= 4 is 16.9 Å². The molecule has 0 atom stereocenters. The second-order valence-electron chi connectivity index (χ2n) is 4.08. The quantitative estimate of drug-likeness (QED) is 0.753. The molecule has 2 aromatic heterocycles. The van der Waals surface area contributed by atoms with Crippen LogP contribution in [0, 0.1) is 0 Å². The zero-order valence-electron chi connectivity index (χ0n) is 10.1. The van der Waals surface area contributed by atoms with Crippen LogP contribution >= 0.6 is 0 Å². The standard InChI is InChI=1S/C13H10N4O2/c1-17-12(14-7-15-17)11-6-9(13(18)19)8-4-2-3-5-10(8)16-11/h2-7H,1H3,(H,18,19). The van der Waals surface area contributed by atoms with Crippen molar-refractivity contribution in [2.75, 3.05) is 0 Å². The summed E-state index contributed by atoms with van der Waals surface area (Å²) in [7, 11) is 1.74. The molecular weight excluding hydrogens is 244 g/mol. The van der Waals surface area contributed by atoms with E-state index in [0.717, 1.165) is 0 Å². The summed E-state index contributed by atoms with van der Waals surface area (Å²) in [6.07, 6.45) is 1.41. The van der Waals surface area contributed by atoms with E-state index in [2.05, 4.69) is 15.1 Å². The van der Waals surface area contributed by atoms with Crippen LogP contribution in [0.3, 0.4) is 0 Å². The van der Waals surface area contributed by atoms with Crippen molar-refractivity contribution in [3.05, 3.63) is 42.2 Å². The highest BCUT2D eigenvalue weighted by atomic mass is 16.4. The number of carboxylic acid groups (broad SMARTS) is 1. The Hall–Kier alpha value is -2.76. The lowest BCUT2D eigenvalue weighted by molar-refractivity contribution is 0.0699. The molecule has 1 aromatic carbocycles. The number of hydrogen-bond donors (Lipinski definition) is 1. The van der Waals surface area contributed by atoms with Gasteiger partial charge in [-0.3, -0.25) is 0 Å². The van der Waals surface area contributed by atoms with Crippen LogP contribution in [0.1, 0.15) is 10.4 Å². The molecular formula is C13H10N4O2. The highest BCUT2D eigenvalue weighted by Crippen LogP contribution is 2.23. The first-order chi connectivity index (χ1) is 9.16. The van der Waals surface area contributed by atoms with Crippen molar-refractivity contribution < 1.29 is 9.90 Å². The second-order valence-corrected chi connectivity index (χ2v) is 4.08. The molecule has 0 radical (unpaired) electrons. The van der Waals surface area contributed by atoms with E-state index in [-0.39, 0.29) is 5.56 Å². The number of benzene rings is 1. The van der Waals surface area contributed by atoms with Gasteiger partial charge in [0.15, 0.2) is 5.82 Å². The zero-order valence-corrected chi connectivity index (χ0v) is 10.1. The molecule has 0 bridgehead atoms. The summed E-state index contributed by atoms with van der Waals surface area (Å²) < 4.78 is 1.56. The lowest BCUT2D eigenvalue weighted by Gasteiger charge is -2.06. The third kappa shape index (κ3) is 1.83. The number of carboxylic acids is 1. The van der Waals surface area contributed by atoms with Crippen LogP contribution in [0.25, 0.3) is 22.4 Å². The first-order valence-corrected chi connectivity index (χ1v) is 5.64. The third-order valence-corrected chi connectivity index (χ3v) is 2.89. The molecule has 0 spiro atoms. The van der Waals surface area contributed by atoms with Crippen LogP contribution < -0.4 is 0 Å². The van der Waals surface area contributed by atoms with Gasteiger partial charge in [0.1, 0.15) is 12.0 Å². The molecule has 3 aromatic rings. The average molecular weight is 254 g/mol. The van der Waals surface area contributed by atoms with Crippen molar-refractivity contribution in [1.82, 2.24) is 19.7 Å². The summed E-state index contributed by atoms with van der Waals surface area (Å²) in [6, 6.07) is 8.66. The molecule has 1 N–H and O–H groups in total. The number of fused-ring (bicyclic) bond motifs is 1. The summed E-state index contributed by atoms with van der Waals surface area (Å²) in [5.74, 6) is -0.449. The van der Waals surface area contributed by atoms with Gasteiger partial charge in [-0.1, -0.05) is 18.2 Å². The number of rotatable bonds is 2. The molecule has 0 saturated carbocycles. The summed E-state index contributed by atoms with van der Waals surface area (Å²) in [5.41, 5.74) is 1.33. The molecule has 94 valence electrons. The molecule has 0 aliphatic rings. The highest BCUT2D eigenvalue weighted by molar-refractivity contribution is 6.03. The number of aromatic carboxylic acids is 1. The van der Waals surface area contributed by atoms with E-state index in [1.54, 1.807) is 29.9 Å². The number of aromatic nitrogens is 4. The number of hydrogen-bond acceptors (Lipinski definition) is 4. The monoisotopic (exact) mass is 254 g/mol. The maximum atomic E-state index is 11.4. The van der Waals surface area contributed by atoms with Crippen LogP contribution in [-0.2, 0) is 7.05 Å². The number of pyridine rings is 1. The Morgan fingerprint density at radius 2 is 2.11 bits per heavy atom. The summed E-state index contributed by atoms with van der Waals surface area (Å²) >= 11 is 0. The predicted molar refractivity (Wildman–Crippen MR) is 68.7 cm³/mol. The van der Waals surface area contributed by atoms with E-state index in [0.29, 0.717) is 22.4 Å². The maximum absolute atomic E-state index is 11.4. The summed E-state index contributed by atoms with van der Waals surface area (Å²) in [6.45, 7) is 0. The van der Waals surface area contributed by atoms with Gasteiger partial charge < -0.3 is 5.11 Å². The zero-order chi connectivity index (χ0) is 13.4. The number of nitrogens with zero attached hydrogens (tertiary/aromatic N) is 4. The average Bonchev–Trinajstić information content (AvgIpc) is 2.83. The van der Waals surface area contributed by atoms with E-state index in [1.807, 2.05) is 6.07 Å². The lowest BCUT2D eigenvalue weighted by atomic mass is 10.1. The van der Waals surface area contributed by atoms with Crippen LogP contribution in [-0.4, -0.2) is 30.8 Å². The Morgan fingerprint density at radius 3 is 2.79 bits per heavy atom. The SMILES string of the molecule is Cn1ncnc1-c1cc(C(=O)O)c2ccccc2n1. The van der Waals surface area contributed by atoms with Gasteiger partial charge in [-0.25, -0.2) is 19.4 Å². The first-order valence-electron chi connectivity index (χ1n) is 5.64. The Labute approximate surface area is 108 Å². The molecule has 2 heterocycles. The summed E-state index contributed by atoms with van der Waals surface area (Å²) in [5, 5.41) is 13.9. The van der Waals surface area contributed by atoms with Crippen LogP contribution in [0.15, 0.2) is 36.7 Å². The largest absolute Gasteiger partial charge is 0.478 e. The van der Waals surface area contributed by atoms with E-state index >= 15 is 0 Å². The van der Waals surface area contributed by atoms with Gasteiger partial charge in [-0.05, 0) is 12.1 Å². The molecule has 0 unspecified atom stereocenters. The van der Waals surface area contributed by atoms with Gasteiger partial charge in [-0.15, -0.1) is 0 Å². The molecule has 0 saturated heterocycles. The van der Waals surface area contributed by atoms with Gasteiger partial charge in [0.25, 0.3) is 0 Å². The van der Waals surface area contributed by atoms with Crippen molar-refractivity contribution in [3.63, 3.8) is 0 Å². The minimum atomic E-state index is -0.984. The number of para-hydroxylation sites is 1. The van der Waals surface area contributed by atoms with Crippen LogP contribution in [0.4, 0.5) is 0 Å². The maximum Gasteiger partial charge on any atom is 0.336 e. The Morgan fingerprint density at radius 1 is 1.32 bits per heavy atom. The minimum Gasteiger partial charge on any atom is -0.478 e. The fourth-order valence-corrected chi connectivity index (χ4v) is 2.00. The number of carbonyl (C=O) groups is 1. The van der Waals surface area contributed by atoms with Gasteiger partial charge in [0.05, 0.1) is 11.1 Å². The van der Waals surface area contributed by atoms with E-state index < -0.39 is 5.97 Å². The van der Waals surface area contributed by atoms with Crippen LogP contribution in [0.2, 0.25) is 0 Å². The Kier molecular flexibility index (Phi) is 2.49. The van der Waals surface area contributed by atoms with E-state index in [9.17, 15) is 9.90 Å². The molecule has 0 amide bonds. The first kappa shape index (κ1) is 11.3. The fraction of sp³-hybridized carbons (Fsp3) is 0.0769. The van der Waals surface area contributed by atoms with Gasteiger partial charge in [-0.2, -0.15) is 5.10 Å². The molecule has 0 aliphatic heterocycles. The van der Waals surface area contributed by atoms with Crippen molar-refractivity contribution in [1.29, 1.82) is 0 Å². The third-order valence-electron chi connectivity index (χ3n) is 2.89. The molecule has 6 heteroatoms. The topological polar surface area (TPSA) is 80.9 Å². The lowest BCUT2D eigenvalue weighted by Crippen LogP contribution is -2.02. The molecule has 6 nitrogen and oxygen atoms in total. The summed E-state index contributed by atoms with van der Waals surface area (Å²) in [4.78, 5) is 19.9. The van der Waals surface area contributed by atoms with Crippen LogP contribution in [0.5, 0.6) is 0 Å². The smallest absolute Gasteiger partial charge is 0.336 e. The predicted octanol–water partition coefficient (Wildman–Crippen LogP) is 1.73. The minimum absolute atomic E-state index is 0.212. The van der Waals surface area contributed by atoms with Gasteiger partial charge in [0, 0.05) is 12.4 Å². The van der Waals surface area contributed by atoms with Crippen molar-refractivity contribution in [2.24, 2.45) is 7.05 Å². The van der Waals surface area contributed by atoms with E-state index in [1.165, 1.54) is 12.4 Å². The molecule has 3 rings (SSSR count). The molecule has 0 fully saturated rings. The normalized spacial score (nSPS) is 10.8. The molecule has 19 heavy (non-hydrogen) atoms. The van der Waals surface area contributed by atoms with Gasteiger partial charge >= 0.3 is 5.97 Å². The Balaban J connectivity index is 2.34. The fourth-order valence-electron chi connectivity index (χ4n) is 2.00. The van der Waals surface area contributed by atoms with Crippen molar-refractivity contribution in [3.8, 4) is 11.5 Å². The van der Waals surface area contributed by atoms with Gasteiger partial charge in [0.2, 0.25) is 0 Å². The number of aryl methyl sites for hydroxylation is 1. The second kappa shape index (κ2) is 4.16. The molecule has 0 aliphatic carbocycles. The highest BCUT2D eigenvalue weighted by Gasteiger charge is 2.14. The van der Waals surface area contributed by atoms with E-state index in [4.69, 9.17) is 0 Å². The Bertz CT molecular complexity index is 779.